The third-order valence-electron chi connectivity index (χ3n) is 1.15. The van der Waals surface area contributed by atoms with Crippen molar-refractivity contribution in [2.24, 2.45) is 0 Å². The zero-order chi connectivity index (χ0) is 12.6. The van der Waals surface area contributed by atoms with Crippen LogP contribution in [0.1, 0.15) is 20.8 Å². The van der Waals surface area contributed by atoms with Crippen LogP contribution in [0, 0.1) is 0 Å². The Morgan fingerprint density at radius 2 is 2.12 bits per heavy atom. The minimum absolute atomic E-state index is 0.209. The van der Waals surface area contributed by atoms with Gasteiger partial charge in [-0.2, -0.15) is 0 Å². The minimum atomic E-state index is -1.40. The monoisotopic (exact) mass is 234 g/mol. The Morgan fingerprint density at radius 1 is 1.50 bits per heavy atom. The van der Waals surface area contributed by atoms with Gasteiger partial charge < -0.3 is 14.6 Å². The van der Waals surface area contributed by atoms with E-state index in [1.165, 1.54) is 6.08 Å². The van der Waals surface area contributed by atoms with Gasteiger partial charge in [-0.15, -0.1) is 6.58 Å². The number of carbonyl (C=O) groups is 1. The number of hydrogen-bond donors (Lipinski definition) is 1. The first-order chi connectivity index (χ1) is 7.35. The second kappa shape index (κ2) is 7.21. The van der Waals surface area contributed by atoms with Crippen molar-refractivity contribution in [1.82, 2.24) is 0 Å². The normalized spacial score (nSPS) is 13.2. The molecule has 0 saturated carbocycles. The molecule has 0 aliphatic carbocycles. The number of hydrogen-bond acceptors (Lipinski definition) is 5. The van der Waals surface area contributed by atoms with Crippen molar-refractivity contribution in [2.75, 3.05) is 13.2 Å². The fraction of sp³-hybridized carbons (Fsp3) is 0.700. The SMILES string of the molecule is C=CCOC(COC(=O)O)OOC(C)(C)C. The zero-order valence-electron chi connectivity index (χ0n) is 9.76. The Labute approximate surface area is 94.7 Å². The number of rotatable bonds is 7. The van der Waals surface area contributed by atoms with Gasteiger partial charge in [0.05, 0.1) is 12.2 Å². The van der Waals surface area contributed by atoms with Gasteiger partial charge in [-0.3, -0.25) is 0 Å². The molecule has 0 fully saturated rings. The van der Waals surface area contributed by atoms with Crippen LogP contribution in [0.5, 0.6) is 0 Å². The highest BCUT2D eigenvalue weighted by Gasteiger charge is 2.18. The van der Waals surface area contributed by atoms with Crippen LogP contribution in [-0.2, 0) is 19.2 Å². The molecule has 0 aromatic heterocycles. The average Bonchev–Trinajstić information content (AvgIpc) is 2.15. The van der Waals surface area contributed by atoms with Gasteiger partial charge in [0, 0.05) is 0 Å². The third kappa shape index (κ3) is 9.45. The second-order valence-electron chi connectivity index (χ2n) is 3.92. The molecule has 1 N–H and O–H groups in total. The van der Waals surface area contributed by atoms with Gasteiger partial charge >= 0.3 is 6.16 Å². The smallest absolute Gasteiger partial charge is 0.450 e. The summed E-state index contributed by atoms with van der Waals surface area (Å²) >= 11 is 0. The summed E-state index contributed by atoms with van der Waals surface area (Å²) in [6.07, 6.45) is -0.798. The van der Waals surface area contributed by atoms with Crippen LogP contribution >= 0.6 is 0 Å². The summed E-state index contributed by atoms with van der Waals surface area (Å²) in [5, 5.41) is 8.32. The molecule has 0 radical (unpaired) electrons. The van der Waals surface area contributed by atoms with Crippen LogP contribution in [0.15, 0.2) is 12.7 Å². The summed E-state index contributed by atoms with van der Waals surface area (Å²) in [6, 6.07) is 0. The fourth-order valence-electron chi connectivity index (χ4n) is 0.616. The molecule has 0 aromatic carbocycles. The van der Waals surface area contributed by atoms with Crippen LogP contribution < -0.4 is 0 Å². The first kappa shape index (κ1) is 14.9. The van der Waals surface area contributed by atoms with E-state index < -0.39 is 18.0 Å². The fourth-order valence-corrected chi connectivity index (χ4v) is 0.616. The maximum atomic E-state index is 10.2. The van der Waals surface area contributed by atoms with E-state index in [-0.39, 0.29) is 13.2 Å². The van der Waals surface area contributed by atoms with E-state index >= 15 is 0 Å². The minimum Gasteiger partial charge on any atom is -0.450 e. The molecule has 0 aromatic rings. The molecule has 0 spiro atoms. The number of carboxylic acid groups (broad SMARTS) is 1. The summed E-state index contributed by atoms with van der Waals surface area (Å²) in [7, 11) is 0. The molecule has 94 valence electrons. The van der Waals surface area contributed by atoms with Crippen molar-refractivity contribution >= 4 is 6.16 Å². The van der Waals surface area contributed by atoms with Crippen molar-refractivity contribution in [3.8, 4) is 0 Å². The van der Waals surface area contributed by atoms with Gasteiger partial charge in [0.15, 0.2) is 0 Å². The Balaban J connectivity index is 3.98. The average molecular weight is 234 g/mol. The van der Waals surface area contributed by atoms with E-state index in [0.717, 1.165) is 0 Å². The van der Waals surface area contributed by atoms with Crippen LogP contribution in [0.4, 0.5) is 4.79 Å². The van der Waals surface area contributed by atoms with E-state index in [1.807, 2.05) is 0 Å². The van der Waals surface area contributed by atoms with Gasteiger partial charge in [0.2, 0.25) is 6.29 Å². The van der Waals surface area contributed by atoms with Crippen molar-refractivity contribution in [2.45, 2.75) is 32.7 Å². The predicted octanol–water partition coefficient (Wildman–Crippen LogP) is 1.96. The standard InChI is InChI=1S/C10H18O6/c1-5-6-13-8(7-14-9(11)12)15-16-10(2,3)4/h5,8H,1,6-7H2,2-4H3,(H,11,12). The quantitative estimate of drug-likeness (QED) is 0.238. The van der Waals surface area contributed by atoms with Crippen LogP contribution in [0.2, 0.25) is 0 Å². The summed E-state index contributed by atoms with van der Waals surface area (Å²) in [5.41, 5.74) is -0.515. The molecular formula is C10H18O6. The second-order valence-corrected chi connectivity index (χ2v) is 3.92. The molecule has 0 heterocycles. The van der Waals surface area contributed by atoms with Crippen molar-refractivity contribution in [1.29, 1.82) is 0 Å². The molecule has 0 aliphatic heterocycles. The van der Waals surface area contributed by atoms with Gasteiger partial charge in [0.1, 0.15) is 6.61 Å². The summed E-state index contributed by atoms with van der Waals surface area (Å²) in [4.78, 5) is 20.1. The molecule has 0 rings (SSSR count). The van der Waals surface area contributed by atoms with Gasteiger partial charge in [-0.05, 0) is 20.8 Å². The Bertz CT molecular complexity index is 220. The lowest BCUT2D eigenvalue weighted by molar-refractivity contribution is -0.418. The molecule has 16 heavy (non-hydrogen) atoms. The molecule has 6 nitrogen and oxygen atoms in total. The molecule has 1 atom stereocenters. The van der Waals surface area contributed by atoms with E-state index in [4.69, 9.17) is 19.6 Å². The zero-order valence-corrected chi connectivity index (χ0v) is 9.76. The van der Waals surface area contributed by atoms with E-state index in [0.29, 0.717) is 0 Å². The van der Waals surface area contributed by atoms with Crippen LogP contribution in [0.25, 0.3) is 0 Å². The first-order valence-electron chi connectivity index (χ1n) is 4.78. The van der Waals surface area contributed by atoms with E-state index in [2.05, 4.69) is 11.3 Å². The molecular weight excluding hydrogens is 216 g/mol. The maximum Gasteiger partial charge on any atom is 0.505 e. The lowest BCUT2D eigenvalue weighted by atomic mass is 10.2. The van der Waals surface area contributed by atoms with Gasteiger partial charge in [-0.1, -0.05) is 6.08 Å². The molecule has 1 unspecified atom stereocenters. The van der Waals surface area contributed by atoms with E-state index in [9.17, 15) is 4.79 Å². The number of ether oxygens (including phenoxy) is 2. The van der Waals surface area contributed by atoms with Crippen LogP contribution in [-0.4, -0.2) is 36.4 Å². The van der Waals surface area contributed by atoms with E-state index in [1.54, 1.807) is 20.8 Å². The van der Waals surface area contributed by atoms with Crippen LogP contribution in [0.3, 0.4) is 0 Å². The third-order valence-corrected chi connectivity index (χ3v) is 1.15. The largest absolute Gasteiger partial charge is 0.505 e. The Morgan fingerprint density at radius 3 is 2.56 bits per heavy atom. The topological polar surface area (TPSA) is 74.2 Å². The molecule has 0 bridgehead atoms. The highest BCUT2D eigenvalue weighted by Crippen LogP contribution is 2.10. The van der Waals surface area contributed by atoms with Gasteiger partial charge in [-0.25, -0.2) is 14.6 Å². The predicted molar refractivity (Wildman–Crippen MR) is 55.8 cm³/mol. The molecule has 0 amide bonds. The van der Waals surface area contributed by atoms with Crippen molar-refractivity contribution in [3.05, 3.63) is 12.7 Å². The maximum absolute atomic E-state index is 10.2. The summed E-state index contributed by atoms with van der Waals surface area (Å²) < 4.78 is 9.40. The van der Waals surface area contributed by atoms with Crippen molar-refractivity contribution < 1.29 is 29.1 Å². The molecule has 0 aliphatic rings. The summed E-state index contributed by atoms with van der Waals surface area (Å²) in [5.74, 6) is 0. The van der Waals surface area contributed by atoms with Crippen molar-refractivity contribution in [3.63, 3.8) is 0 Å². The molecule has 0 saturated heterocycles. The highest BCUT2D eigenvalue weighted by atomic mass is 17.2. The Hall–Kier alpha value is -1.11. The lowest BCUT2D eigenvalue weighted by Crippen LogP contribution is -2.30. The first-order valence-corrected chi connectivity index (χ1v) is 4.78. The lowest BCUT2D eigenvalue weighted by Gasteiger charge is -2.22. The highest BCUT2D eigenvalue weighted by molar-refractivity contribution is 5.56. The summed E-state index contributed by atoms with van der Waals surface area (Å²) in [6.45, 7) is 8.77. The van der Waals surface area contributed by atoms with Gasteiger partial charge in [0.25, 0.3) is 0 Å². The Kier molecular flexibility index (Phi) is 6.71. The molecule has 6 heteroatoms.